The van der Waals surface area contributed by atoms with Gasteiger partial charge in [0.1, 0.15) is 17.7 Å². The van der Waals surface area contributed by atoms with E-state index in [4.69, 9.17) is 18.6 Å². The summed E-state index contributed by atoms with van der Waals surface area (Å²) in [5.41, 5.74) is -3.76. The Morgan fingerprint density at radius 1 is 0.739 bits per heavy atom. The highest BCUT2D eigenvalue weighted by Crippen LogP contribution is 2.37. The fraction of sp³-hybridized carbons (Fsp3) is 0.531. The van der Waals surface area contributed by atoms with Gasteiger partial charge in [0.05, 0.1) is 22.4 Å². The van der Waals surface area contributed by atoms with Gasteiger partial charge in [0, 0.05) is 34.0 Å². The molecule has 2 aliphatic heterocycles. The van der Waals surface area contributed by atoms with Crippen LogP contribution in [0, 0.1) is 11.6 Å². The topological polar surface area (TPSA) is 132 Å². The van der Waals surface area contributed by atoms with E-state index in [1.807, 2.05) is 55.4 Å². The molecule has 0 unspecified atom stereocenters. The highest BCUT2D eigenvalue weighted by atomic mass is 19.1. The first-order valence-electron chi connectivity index (χ1n) is 15.1. The average Bonchev–Trinajstić information content (AvgIpc) is 3.26. The minimum Gasteiger partial charge on any atom is -0.480 e. The van der Waals surface area contributed by atoms with Gasteiger partial charge in [-0.2, -0.15) is 0 Å². The normalized spacial score (nSPS) is 20.3. The Kier molecular flexibility index (Phi) is 9.30. The van der Waals surface area contributed by atoms with Crippen LogP contribution in [0.3, 0.4) is 0 Å². The average molecular weight is 642 g/mol. The van der Waals surface area contributed by atoms with Crippen molar-refractivity contribution in [3.8, 4) is 0 Å². The van der Waals surface area contributed by atoms with Gasteiger partial charge in [0.25, 0.3) is 11.8 Å². The van der Waals surface area contributed by atoms with Crippen molar-refractivity contribution in [3.05, 3.63) is 59.2 Å². The highest BCUT2D eigenvalue weighted by molar-refractivity contribution is 6.62. The lowest BCUT2D eigenvalue weighted by Gasteiger charge is -2.32. The molecule has 2 amide bonds. The van der Waals surface area contributed by atoms with E-state index < -0.39 is 77.6 Å². The van der Waals surface area contributed by atoms with E-state index in [2.05, 4.69) is 10.6 Å². The number of hydrogen-bond donors (Lipinski definition) is 3. The molecule has 14 heteroatoms. The predicted octanol–water partition coefficient (Wildman–Crippen LogP) is 3.34. The molecular formula is C32H42B2F2N2O8. The van der Waals surface area contributed by atoms with Gasteiger partial charge >= 0.3 is 20.2 Å². The first-order chi connectivity index (χ1) is 21.0. The van der Waals surface area contributed by atoms with Crippen LogP contribution < -0.4 is 21.6 Å². The second-order valence-electron chi connectivity index (χ2n) is 14.6. The Bertz CT molecular complexity index is 1510. The summed E-state index contributed by atoms with van der Waals surface area (Å²) < 4.78 is 53.8. The molecule has 2 aliphatic rings. The van der Waals surface area contributed by atoms with E-state index in [1.54, 1.807) is 13.8 Å². The number of nitrogens with one attached hydrogen (secondary N) is 2. The quantitative estimate of drug-likeness (QED) is 0.355. The third-order valence-electron chi connectivity index (χ3n) is 9.31. The number of carboxylic acids is 1. The highest BCUT2D eigenvalue weighted by Gasteiger charge is 2.53. The van der Waals surface area contributed by atoms with Gasteiger partial charge in [-0.05, 0) is 93.5 Å². The summed E-state index contributed by atoms with van der Waals surface area (Å²) in [6.45, 7) is 17.9. The summed E-state index contributed by atoms with van der Waals surface area (Å²) in [6.07, 6.45) is -0.233. The Balaban J connectivity index is 1.41. The van der Waals surface area contributed by atoms with Gasteiger partial charge in [0.2, 0.25) is 0 Å². The van der Waals surface area contributed by atoms with Crippen molar-refractivity contribution in [1.29, 1.82) is 0 Å². The second-order valence-corrected chi connectivity index (χ2v) is 14.6. The lowest BCUT2D eigenvalue weighted by molar-refractivity contribution is -0.139. The summed E-state index contributed by atoms with van der Waals surface area (Å²) in [6, 6.07) is 6.16. The third-order valence-corrected chi connectivity index (χ3v) is 9.31. The van der Waals surface area contributed by atoms with Gasteiger partial charge in [-0.25, -0.2) is 13.6 Å². The summed E-state index contributed by atoms with van der Waals surface area (Å²) in [7, 11) is -1.93. The minimum absolute atomic E-state index is 0.000634. The molecule has 2 heterocycles. The minimum atomic E-state index is -1.45. The molecule has 4 rings (SSSR count). The molecule has 0 aromatic heterocycles. The van der Waals surface area contributed by atoms with Gasteiger partial charge in [-0.15, -0.1) is 0 Å². The maximum Gasteiger partial charge on any atom is 0.497 e. The molecule has 3 N–H and O–H groups in total. The van der Waals surface area contributed by atoms with Crippen LogP contribution in [0.5, 0.6) is 0 Å². The predicted molar refractivity (Wildman–Crippen MR) is 169 cm³/mol. The molecule has 2 aromatic carbocycles. The van der Waals surface area contributed by atoms with Crippen LogP contribution >= 0.6 is 0 Å². The number of carboxylic acid groups (broad SMARTS) is 1. The van der Waals surface area contributed by atoms with E-state index >= 15 is 8.78 Å². The van der Waals surface area contributed by atoms with Crippen molar-refractivity contribution >= 4 is 42.9 Å². The first kappa shape index (κ1) is 35.5. The third kappa shape index (κ3) is 7.15. The van der Waals surface area contributed by atoms with Crippen molar-refractivity contribution in [1.82, 2.24) is 10.6 Å². The zero-order valence-electron chi connectivity index (χ0n) is 28.0. The molecule has 0 aliphatic carbocycles. The van der Waals surface area contributed by atoms with E-state index in [0.717, 1.165) is 12.1 Å². The fourth-order valence-electron chi connectivity index (χ4n) is 5.04. The van der Waals surface area contributed by atoms with Gasteiger partial charge in [-0.1, -0.05) is 12.1 Å². The first-order valence-corrected chi connectivity index (χ1v) is 15.1. The molecule has 0 bridgehead atoms. The number of halogens is 2. The number of carbonyl (C=O) groups is 3. The molecular weight excluding hydrogens is 600 g/mol. The number of hydrogen-bond acceptors (Lipinski definition) is 7. The Labute approximate surface area is 269 Å². The Morgan fingerprint density at radius 2 is 1.11 bits per heavy atom. The summed E-state index contributed by atoms with van der Waals surface area (Å²) in [5.74, 6) is -4.28. The molecule has 0 radical (unpaired) electrons. The van der Waals surface area contributed by atoms with E-state index in [0.29, 0.717) is 0 Å². The molecule has 2 aromatic rings. The van der Waals surface area contributed by atoms with Crippen LogP contribution in [0.1, 0.15) is 96.4 Å². The monoisotopic (exact) mass is 642 g/mol. The van der Waals surface area contributed by atoms with Crippen LogP contribution in [0.15, 0.2) is 36.4 Å². The molecule has 0 saturated carbocycles. The number of rotatable bonds is 9. The summed E-state index contributed by atoms with van der Waals surface area (Å²) >= 11 is 0. The molecule has 1 atom stereocenters. The largest absolute Gasteiger partial charge is 0.497 e. The number of benzene rings is 2. The smallest absolute Gasteiger partial charge is 0.480 e. The standard InChI is InChI=1S/C32H42B2F2N2O8/c1-28(2,38-26(40)19-12-14-21(23(36)16-19)34-45-31(7,8)32(9,10)46-34)17-24(27(41)42)37-25(39)18-11-13-20(22(35)15-18)33-43-29(3,4)30(5,6)44-33/h11-16,24H,17H2,1-10H3,(H,37,39)(H,38,40)(H,41,42)/t24-/m0/s1. The molecule has 10 nitrogen and oxygen atoms in total. The molecule has 0 spiro atoms. The zero-order chi connectivity index (χ0) is 34.6. The lowest BCUT2D eigenvalue weighted by atomic mass is 9.78. The van der Waals surface area contributed by atoms with E-state index in [-0.39, 0.29) is 28.5 Å². The summed E-state index contributed by atoms with van der Waals surface area (Å²) in [4.78, 5) is 38.2. The summed E-state index contributed by atoms with van der Waals surface area (Å²) in [5, 5.41) is 15.0. The molecule has 2 fully saturated rings. The van der Waals surface area contributed by atoms with Gasteiger partial charge < -0.3 is 34.4 Å². The molecule has 248 valence electrons. The number of amides is 2. The number of aliphatic carboxylic acids is 1. The Morgan fingerprint density at radius 3 is 1.46 bits per heavy atom. The van der Waals surface area contributed by atoms with Crippen LogP contribution in [-0.4, -0.2) is 71.1 Å². The van der Waals surface area contributed by atoms with Gasteiger partial charge in [0.15, 0.2) is 0 Å². The van der Waals surface area contributed by atoms with E-state index in [9.17, 15) is 19.5 Å². The number of carbonyl (C=O) groups excluding carboxylic acids is 2. The van der Waals surface area contributed by atoms with Crippen LogP contribution in [0.2, 0.25) is 0 Å². The molecule has 46 heavy (non-hydrogen) atoms. The SMILES string of the molecule is CC(C)(C[C@H](NC(=O)c1ccc(B2OC(C)(C)C(C)(C)O2)c(F)c1)C(=O)O)NC(=O)c1ccc(B2OC(C)(C)C(C)(C)O2)c(F)c1. The van der Waals surface area contributed by atoms with Gasteiger partial charge in [-0.3, -0.25) is 9.59 Å². The van der Waals surface area contributed by atoms with Crippen molar-refractivity contribution in [3.63, 3.8) is 0 Å². The van der Waals surface area contributed by atoms with Crippen molar-refractivity contribution in [2.45, 2.75) is 110 Å². The Hall–Kier alpha value is -3.32. The molecule has 2 saturated heterocycles. The van der Waals surface area contributed by atoms with Crippen molar-refractivity contribution < 1.29 is 46.9 Å². The lowest BCUT2D eigenvalue weighted by Crippen LogP contribution is -2.51. The van der Waals surface area contributed by atoms with Crippen LogP contribution in [0.25, 0.3) is 0 Å². The van der Waals surface area contributed by atoms with Crippen LogP contribution in [-0.2, 0) is 23.4 Å². The fourth-order valence-corrected chi connectivity index (χ4v) is 5.04. The maximum absolute atomic E-state index is 15.1. The van der Waals surface area contributed by atoms with Crippen molar-refractivity contribution in [2.75, 3.05) is 0 Å². The van der Waals surface area contributed by atoms with E-state index in [1.165, 1.54) is 24.3 Å². The van der Waals surface area contributed by atoms with Crippen molar-refractivity contribution in [2.24, 2.45) is 0 Å². The maximum atomic E-state index is 15.1. The zero-order valence-corrected chi connectivity index (χ0v) is 28.0. The van der Waals surface area contributed by atoms with Crippen LogP contribution in [0.4, 0.5) is 8.78 Å². The second kappa shape index (κ2) is 12.0.